The Kier molecular flexibility index (Phi) is 3.73. The minimum absolute atomic E-state index is 0.323. The second-order valence-electron chi connectivity index (χ2n) is 7.58. The number of rotatable bonds is 3. The molecule has 0 aliphatic carbocycles. The average Bonchev–Trinajstić information content (AvgIpc) is 3.49. The molecule has 2 unspecified atom stereocenters. The van der Waals surface area contributed by atoms with Crippen molar-refractivity contribution in [3.8, 4) is 5.95 Å². The maximum atomic E-state index is 5.78. The first kappa shape index (κ1) is 16.3. The largest absolute Gasteiger partial charge is 0.378 e. The van der Waals surface area contributed by atoms with Crippen molar-refractivity contribution in [2.45, 2.75) is 18.6 Å². The average molecular weight is 378 g/mol. The van der Waals surface area contributed by atoms with Crippen molar-refractivity contribution in [3.63, 3.8) is 0 Å². The van der Waals surface area contributed by atoms with Gasteiger partial charge < -0.3 is 19.3 Å². The van der Waals surface area contributed by atoms with E-state index in [-0.39, 0.29) is 0 Å². The monoisotopic (exact) mass is 378 g/mol. The quantitative estimate of drug-likeness (QED) is 0.686. The third-order valence-electron chi connectivity index (χ3n) is 5.89. The molecule has 3 aliphatic heterocycles. The van der Waals surface area contributed by atoms with E-state index in [4.69, 9.17) is 19.4 Å². The van der Waals surface area contributed by atoms with Gasteiger partial charge in [-0.2, -0.15) is 9.97 Å². The normalized spacial score (nSPS) is 24.4. The number of morpholine rings is 2. The van der Waals surface area contributed by atoms with E-state index in [1.807, 2.05) is 29.1 Å². The maximum Gasteiger partial charge on any atom is 0.239 e. The summed E-state index contributed by atoms with van der Waals surface area (Å²) in [6.07, 6.45) is 3.22. The first-order valence-corrected chi connectivity index (χ1v) is 9.88. The fraction of sp³-hybridized carbons (Fsp3) is 0.450. The van der Waals surface area contributed by atoms with Crippen LogP contribution in [0.4, 0.5) is 11.6 Å². The molecule has 5 heterocycles. The Balaban J connectivity index is 1.47. The van der Waals surface area contributed by atoms with Gasteiger partial charge in [0.05, 0.1) is 43.0 Å². The molecule has 0 amide bonds. The highest BCUT2D eigenvalue weighted by molar-refractivity contribution is 5.76. The smallest absolute Gasteiger partial charge is 0.239 e. The van der Waals surface area contributed by atoms with Crippen LogP contribution in [0.5, 0.6) is 0 Å². The lowest BCUT2D eigenvalue weighted by Crippen LogP contribution is -2.39. The Morgan fingerprint density at radius 3 is 2.71 bits per heavy atom. The summed E-state index contributed by atoms with van der Waals surface area (Å²) in [5, 5.41) is 0. The van der Waals surface area contributed by atoms with Gasteiger partial charge in [-0.25, -0.2) is 4.98 Å². The molecule has 1 aromatic carbocycles. The van der Waals surface area contributed by atoms with Crippen molar-refractivity contribution in [3.05, 3.63) is 36.7 Å². The van der Waals surface area contributed by atoms with Gasteiger partial charge in [0.15, 0.2) is 0 Å². The van der Waals surface area contributed by atoms with Crippen molar-refractivity contribution < 1.29 is 9.47 Å². The summed E-state index contributed by atoms with van der Waals surface area (Å²) in [5.74, 6) is 2.58. The van der Waals surface area contributed by atoms with Crippen LogP contribution >= 0.6 is 0 Å². The van der Waals surface area contributed by atoms with Gasteiger partial charge in [0, 0.05) is 25.7 Å². The molecule has 0 N–H and O–H groups in total. The van der Waals surface area contributed by atoms with E-state index >= 15 is 0 Å². The van der Waals surface area contributed by atoms with Gasteiger partial charge in [-0.15, -0.1) is 0 Å². The Hall–Kier alpha value is -2.71. The lowest BCUT2D eigenvalue weighted by Gasteiger charge is -2.31. The van der Waals surface area contributed by atoms with Gasteiger partial charge in [0.1, 0.15) is 18.0 Å². The van der Waals surface area contributed by atoms with Gasteiger partial charge in [-0.1, -0.05) is 12.1 Å². The molecule has 6 rings (SSSR count). The zero-order chi connectivity index (χ0) is 18.5. The van der Waals surface area contributed by atoms with E-state index in [0.29, 0.717) is 18.1 Å². The van der Waals surface area contributed by atoms with Crippen LogP contribution < -0.4 is 9.80 Å². The molecule has 0 radical (unpaired) electrons. The zero-order valence-electron chi connectivity index (χ0n) is 15.6. The van der Waals surface area contributed by atoms with E-state index < -0.39 is 0 Å². The molecule has 3 fully saturated rings. The Bertz CT molecular complexity index is 1010. The minimum Gasteiger partial charge on any atom is -0.378 e. The van der Waals surface area contributed by atoms with Crippen LogP contribution in [0.2, 0.25) is 0 Å². The highest BCUT2D eigenvalue weighted by Crippen LogP contribution is 2.33. The molecule has 8 heteroatoms. The number of aromatic nitrogens is 4. The summed E-state index contributed by atoms with van der Waals surface area (Å²) in [6.45, 7) is 4.82. The molecule has 0 spiro atoms. The van der Waals surface area contributed by atoms with Gasteiger partial charge in [0.25, 0.3) is 0 Å². The molecule has 3 saturated heterocycles. The summed E-state index contributed by atoms with van der Waals surface area (Å²) in [5.41, 5.74) is 1.96. The predicted octanol–water partition coefficient (Wildman–Crippen LogP) is 1.63. The highest BCUT2D eigenvalue weighted by Gasteiger charge is 2.40. The highest BCUT2D eigenvalue weighted by atomic mass is 16.5. The summed E-state index contributed by atoms with van der Waals surface area (Å²) in [7, 11) is 0. The van der Waals surface area contributed by atoms with E-state index in [0.717, 1.165) is 68.5 Å². The molecule has 144 valence electrons. The number of imidazole rings is 1. The zero-order valence-corrected chi connectivity index (χ0v) is 15.6. The fourth-order valence-electron chi connectivity index (χ4n) is 4.42. The van der Waals surface area contributed by atoms with Crippen molar-refractivity contribution in [1.82, 2.24) is 19.5 Å². The fourth-order valence-corrected chi connectivity index (χ4v) is 4.42. The maximum absolute atomic E-state index is 5.78. The molecule has 2 aromatic heterocycles. The van der Waals surface area contributed by atoms with E-state index in [2.05, 4.69) is 26.9 Å². The van der Waals surface area contributed by atoms with Gasteiger partial charge in [-0.05, 0) is 18.6 Å². The topological polar surface area (TPSA) is 68.5 Å². The summed E-state index contributed by atoms with van der Waals surface area (Å²) in [6, 6.07) is 10.6. The molecule has 28 heavy (non-hydrogen) atoms. The summed E-state index contributed by atoms with van der Waals surface area (Å²) in [4.78, 5) is 19.0. The number of anilines is 2. The van der Waals surface area contributed by atoms with Gasteiger partial charge in [0.2, 0.25) is 5.95 Å². The van der Waals surface area contributed by atoms with Crippen molar-refractivity contribution in [1.29, 1.82) is 0 Å². The summed E-state index contributed by atoms with van der Waals surface area (Å²) < 4.78 is 13.3. The Morgan fingerprint density at radius 1 is 1.04 bits per heavy atom. The minimum atomic E-state index is 0.323. The second-order valence-corrected chi connectivity index (χ2v) is 7.58. The number of hydrogen-bond acceptors (Lipinski definition) is 7. The number of nitrogens with zero attached hydrogens (tertiary/aromatic N) is 6. The SMILES string of the molecule is c1ccc2c(c1)ncn2-c1nc(N2CCOCC2)cc(N2CC3CC2CO3)n1. The van der Waals surface area contributed by atoms with Crippen LogP contribution in [0.3, 0.4) is 0 Å². The Labute approximate surface area is 162 Å². The lowest BCUT2D eigenvalue weighted by molar-refractivity contribution is 0.0989. The van der Waals surface area contributed by atoms with Crippen molar-refractivity contribution in [2.24, 2.45) is 0 Å². The van der Waals surface area contributed by atoms with Crippen LogP contribution in [0.15, 0.2) is 36.7 Å². The van der Waals surface area contributed by atoms with Crippen LogP contribution in [0, 0.1) is 0 Å². The summed E-state index contributed by atoms with van der Waals surface area (Å²) >= 11 is 0. The number of benzene rings is 1. The van der Waals surface area contributed by atoms with Crippen LogP contribution in [0.25, 0.3) is 17.0 Å². The molecule has 2 bridgehead atoms. The number of fused-ring (bicyclic) bond motifs is 3. The molecular weight excluding hydrogens is 356 g/mol. The van der Waals surface area contributed by atoms with Gasteiger partial charge in [-0.3, -0.25) is 4.57 Å². The van der Waals surface area contributed by atoms with Crippen LogP contribution in [0.1, 0.15) is 6.42 Å². The Morgan fingerprint density at radius 2 is 1.89 bits per heavy atom. The van der Waals surface area contributed by atoms with E-state index in [9.17, 15) is 0 Å². The molecule has 0 saturated carbocycles. The van der Waals surface area contributed by atoms with Crippen LogP contribution in [-0.4, -0.2) is 71.1 Å². The second kappa shape index (κ2) is 6.42. The number of hydrogen-bond donors (Lipinski definition) is 0. The van der Waals surface area contributed by atoms with Crippen molar-refractivity contribution >= 4 is 22.7 Å². The third-order valence-corrected chi connectivity index (χ3v) is 5.89. The van der Waals surface area contributed by atoms with E-state index in [1.54, 1.807) is 0 Å². The van der Waals surface area contributed by atoms with Crippen molar-refractivity contribution in [2.75, 3.05) is 49.3 Å². The molecule has 2 atom stereocenters. The molecule has 3 aromatic rings. The first-order valence-electron chi connectivity index (χ1n) is 9.88. The number of ether oxygens (including phenoxy) is 2. The molecular formula is C20H22N6O2. The molecule has 8 nitrogen and oxygen atoms in total. The lowest BCUT2D eigenvalue weighted by atomic mass is 10.2. The third kappa shape index (κ3) is 2.63. The number of para-hydroxylation sites is 2. The first-order chi connectivity index (χ1) is 13.8. The standard InChI is InChI=1S/C20H22N6O2/c1-2-4-17-16(3-1)21-13-26(17)20-22-18(24-5-7-27-8-6-24)10-19(23-20)25-11-15-9-14(25)12-28-15/h1-4,10,13-15H,5-9,11-12H2. The molecule has 3 aliphatic rings. The predicted molar refractivity (Wildman–Crippen MR) is 105 cm³/mol. The van der Waals surface area contributed by atoms with Gasteiger partial charge >= 0.3 is 0 Å². The van der Waals surface area contributed by atoms with E-state index in [1.165, 1.54) is 0 Å². The van der Waals surface area contributed by atoms with Crippen LogP contribution in [-0.2, 0) is 9.47 Å².